The normalized spacial score (nSPS) is 42.5. The summed E-state index contributed by atoms with van der Waals surface area (Å²) in [6, 6.07) is 0. The Hall–Kier alpha value is -1.19. The molecule has 0 heterocycles. The molecule has 0 bridgehead atoms. The minimum atomic E-state index is -1.22. The topological polar surface area (TPSA) is 57.5 Å². The van der Waals surface area contributed by atoms with Crippen molar-refractivity contribution in [3.63, 3.8) is 0 Å². The molecule has 0 aromatic heterocycles. The zero-order chi connectivity index (χ0) is 14.0. The molecule has 3 nitrogen and oxygen atoms in total. The van der Waals surface area contributed by atoms with E-state index in [2.05, 4.69) is 13.2 Å². The van der Waals surface area contributed by atoms with Crippen molar-refractivity contribution >= 4 is 5.78 Å². The van der Waals surface area contributed by atoms with Crippen LogP contribution in [0.25, 0.3) is 0 Å². The molecule has 3 heteroatoms. The molecule has 0 aromatic carbocycles. The molecule has 2 fully saturated rings. The molecule has 102 valence electrons. The van der Waals surface area contributed by atoms with Gasteiger partial charge < -0.3 is 10.2 Å². The molecule has 3 aliphatic carbocycles. The van der Waals surface area contributed by atoms with Crippen molar-refractivity contribution in [3.8, 4) is 0 Å². The molecule has 0 aromatic rings. The van der Waals surface area contributed by atoms with Gasteiger partial charge in [0, 0.05) is 30.8 Å². The fourth-order valence-electron chi connectivity index (χ4n) is 4.34. The maximum atomic E-state index is 12.0. The lowest BCUT2D eigenvalue weighted by atomic mass is 9.58. The second-order valence-electron chi connectivity index (χ2n) is 6.41. The number of allylic oxidation sites excluding steroid dienone is 1. The standard InChI is InChI=1S/C16H20O3/c1-9-4-5-12-10(2)7-15(18)8-13(17)11(3)14(15)16(12,19)6-9/h12,18-19H,1-2,4-8H2,3H3. The number of carbonyl (C=O) groups is 1. The maximum Gasteiger partial charge on any atom is 0.161 e. The molecule has 0 aliphatic heterocycles. The van der Waals surface area contributed by atoms with Crippen LogP contribution in [-0.4, -0.2) is 27.2 Å². The Morgan fingerprint density at radius 2 is 1.89 bits per heavy atom. The Labute approximate surface area is 113 Å². The summed E-state index contributed by atoms with van der Waals surface area (Å²) in [4.78, 5) is 12.0. The highest BCUT2D eigenvalue weighted by atomic mass is 16.3. The van der Waals surface area contributed by atoms with Gasteiger partial charge in [-0.15, -0.1) is 0 Å². The molecule has 3 aliphatic rings. The number of aliphatic hydroxyl groups is 2. The van der Waals surface area contributed by atoms with E-state index in [1.165, 1.54) is 0 Å². The van der Waals surface area contributed by atoms with Crippen LogP contribution in [0.2, 0.25) is 0 Å². The number of fused-ring (bicyclic) bond motifs is 3. The van der Waals surface area contributed by atoms with E-state index in [1.54, 1.807) is 6.92 Å². The molecule has 2 saturated carbocycles. The van der Waals surface area contributed by atoms with Gasteiger partial charge in [0.2, 0.25) is 0 Å². The summed E-state index contributed by atoms with van der Waals surface area (Å²) in [5.74, 6) is -0.121. The zero-order valence-corrected chi connectivity index (χ0v) is 11.3. The largest absolute Gasteiger partial charge is 0.385 e. The smallest absolute Gasteiger partial charge is 0.161 e. The molecule has 3 rings (SSSR count). The molecule has 0 spiro atoms. The highest BCUT2D eigenvalue weighted by Crippen LogP contribution is 2.57. The lowest BCUT2D eigenvalue weighted by Gasteiger charge is -2.51. The van der Waals surface area contributed by atoms with Crippen molar-refractivity contribution in [3.05, 3.63) is 35.5 Å². The van der Waals surface area contributed by atoms with E-state index in [9.17, 15) is 15.0 Å². The molecule has 3 unspecified atom stereocenters. The fraction of sp³-hybridized carbons (Fsp3) is 0.562. The van der Waals surface area contributed by atoms with E-state index >= 15 is 0 Å². The van der Waals surface area contributed by atoms with E-state index in [-0.39, 0.29) is 18.1 Å². The average molecular weight is 260 g/mol. The van der Waals surface area contributed by atoms with Crippen LogP contribution in [0.1, 0.15) is 39.0 Å². The lowest BCUT2D eigenvalue weighted by molar-refractivity contribution is -0.118. The molecule has 3 atom stereocenters. The predicted octanol–water partition coefficient (Wildman–Crippen LogP) is 2.05. The summed E-state index contributed by atoms with van der Waals surface area (Å²) in [5, 5.41) is 21.9. The van der Waals surface area contributed by atoms with Gasteiger partial charge in [0.25, 0.3) is 0 Å². The summed E-state index contributed by atoms with van der Waals surface area (Å²) >= 11 is 0. The Kier molecular flexibility index (Phi) is 2.48. The summed E-state index contributed by atoms with van der Waals surface area (Å²) in [6.07, 6.45) is 2.58. The summed E-state index contributed by atoms with van der Waals surface area (Å²) in [7, 11) is 0. The van der Waals surface area contributed by atoms with Gasteiger partial charge in [0.05, 0.1) is 5.60 Å². The van der Waals surface area contributed by atoms with Gasteiger partial charge in [-0.3, -0.25) is 4.79 Å². The first-order valence-electron chi connectivity index (χ1n) is 6.82. The zero-order valence-electron chi connectivity index (χ0n) is 11.3. The van der Waals surface area contributed by atoms with Gasteiger partial charge in [-0.05, 0) is 25.3 Å². The van der Waals surface area contributed by atoms with Crippen molar-refractivity contribution in [2.24, 2.45) is 5.92 Å². The number of carbonyl (C=O) groups excluding carboxylic acids is 1. The maximum absolute atomic E-state index is 12.0. The number of hydrogen-bond acceptors (Lipinski definition) is 3. The quantitative estimate of drug-likeness (QED) is 0.655. The number of hydrogen-bond donors (Lipinski definition) is 2. The van der Waals surface area contributed by atoms with Crippen LogP contribution in [0, 0.1) is 5.92 Å². The van der Waals surface area contributed by atoms with Crippen LogP contribution in [0.15, 0.2) is 35.5 Å². The monoisotopic (exact) mass is 260 g/mol. The van der Waals surface area contributed by atoms with Gasteiger partial charge in [0.15, 0.2) is 5.78 Å². The third-order valence-electron chi connectivity index (χ3n) is 5.04. The number of Topliss-reactive ketones (excluding diaryl/α,β-unsaturated/α-hetero) is 1. The summed E-state index contributed by atoms with van der Waals surface area (Å²) < 4.78 is 0. The van der Waals surface area contributed by atoms with Gasteiger partial charge >= 0.3 is 0 Å². The first-order valence-corrected chi connectivity index (χ1v) is 6.82. The van der Waals surface area contributed by atoms with E-state index in [0.717, 1.165) is 24.0 Å². The third-order valence-corrected chi connectivity index (χ3v) is 5.04. The van der Waals surface area contributed by atoms with Crippen molar-refractivity contribution in [1.82, 2.24) is 0 Å². The van der Waals surface area contributed by atoms with Gasteiger partial charge in [-0.1, -0.05) is 24.3 Å². The van der Waals surface area contributed by atoms with E-state index in [0.29, 0.717) is 24.0 Å². The molecule has 2 N–H and O–H groups in total. The fourth-order valence-corrected chi connectivity index (χ4v) is 4.34. The summed E-state index contributed by atoms with van der Waals surface area (Å²) in [6.45, 7) is 9.74. The highest BCUT2D eigenvalue weighted by molar-refractivity contribution is 6.00. The van der Waals surface area contributed by atoms with Crippen molar-refractivity contribution in [2.45, 2.75) is 50.2 Å². The van der Waals surface area contributed by atoms with Crippen LogP contribution in [-0.2, 0) is 4.79 Å². The van der Waals surface area contributed by atoms with Crippen LogP contribution in [0.3, 0.4) is 0 Å². The van der Waals surface area contributed by atoms with E-state index in [4.69, 9.17) is 0 Å². The van der Waals surface area contributed by atoms with Gasteiger partial charge in [-0.25, -0.2) is 0 Å². The van der Waals surface area contributed by atoms with Crippen molar-refractivity contribution in [1.29, 1.82) is 0 Å². The molecular formula is C16H20O3. The molecule has 0 saturated heterocycles. The van der Waals surface area contributed by atoms with Gasteiger partial charge in [-0.2, -0.15) is 0 Å². The lowest BCUT2D eigenvalue weighted by Crippen LogP contribution is -2.55. The first-order chi connectivity index (χ1) is 8.78. The Bertz CT molecular complexity index is 542. The minimum absolute atomic E-state index is 0.0597. The Morgan fingerprint density at radius 1 is 1.21 bits per heavy atom. The SMILES string of the molecule is C=C1CCC2C(=C)CC3(O)CC(=O)C(C)=C3C2(O)C1. The molecule has 0 radical (unpaired) electrons. The third kappa shape index (κ3) is 1.55. The Morgan fingerprint density at radius 3 is 2.58 bits per heavy atom. The second-order valence-corrected chi connectivity index (χ2v) is 6.41. The van der Waals surface area contributed by atoms with Crippen molar-refractivity contribution < 1.29 is 15.0 Å². The number of rotatable bonds is 0. The van der Waals surface area contributed by atoms with Crippen LogP contribution in [0.4, 0.5) is 0 Å². The molecule has 19 heavy (non-hydrogen) atoms. The highest BCUT2D eigenvalue weighted by Gasteiger charge is 2.59. The van der Waals surface area contributed by atoms with Crippen LogP contribution < -0.4 is 0 Å². The Balaban J connectivity index is 2.19. The van der Waals surface area contributed by atoms with Crippen molar-refractivity contribution in [2.75, 3.05) is 0 Å². The summed E-state index contributed by atoms with van der Waals surface area (Å²) in [5.41, 5.74) is 0.552. The predicted molar refractivity (Wildman–Crippen MR) is 72.5 cm³/mol. The van der Waals surface area contributed by atoms with Gasteiger partial charge in [0.1, 0.15) is 5.60 Å². The minimum Gasteiger partial charge on any atom is -0.385 e. The van der Waals surface area contributed by atoms with E-state index < -0.39 is 11.2 Å². The molecular weight excluding hydrogens is 240 g/mol. The number of ketones is 1. The van der Waals surface area contributed by atoms with E-state index in [1.807, 2.05) is 0 Å². The second kappa shape index (κ2) is 3.68. The van der Waals surface area contributed by atoms with Crippen LogP contribution in [0.5, 0.6) is 0 Å². The molecule has 0 amide bonds. The first kappa shape index (κ1) is 12.8. The average Bonchev–Trinajstić information content (AvgIpc) is 2.48. The van der Waals surface area contributed by atoms with Crippen LogP contribution >= 0.6 is 0 Å².